The summed E-state index contributed by atoms with van der Waals surface area (Å²) < 4.78 is 23.6. The molecule has 1 aliphatic carbocycles. The van der Waals surface area contributed by atoms with Crippen molar-refractivity contribution in [3.8, 4) is 17.2 Å². The number of nitrogens with one attached hydrogen (secondary N) is 1. The van der Waals surface area contributed by atoms with Crippen LogP contribution in [0.1, 0.15) is 39.5 Å². The van der Waals surface area contributed by atoms with E-state index in [0.717, 1.165) is 41.8 Å². The number of furan rings is 1. The number of amides is 1. The summed E-state index contributed by atoms with van der Waals surface area (Å²) in [4.78, 5) is 14.8. The molecule has 9 nitrogen and oxygen atoms in total. The van der Waals surface area contributed by atoms with E-state index in [-0.39, 0.29) is 11.9 Å². The summed E-state index contributed by atoms with van der Waals surface area (Å²) >= 11 is 0. The number of hydrogen-bond donors (Lipinski definition) is 1. The van der Waals surface area contributed by atoms with Gasteiger partial charge in [-0.2, -0.15) is 5.10 Å². The lowest BCUT2D eigenvalue weighted by Crippen LogP contribution is -2.35. The minimum Gasteiger partial charge on any atom is -0.493 e. The van der Waals surface area contributed by atoms with Crippen molar-refractivity contribution < 1.29 is 23.4 Å². The summed E-state index contributed by atoms with van der Waals surface area (Å²) in [5.41, 5.74) is 3.69. The van der Waals surface area contributed by atoms with E-state index in [0.29, 0.717) is 36.0 Å². The number of aryl methyl sites for hydroxylation is 1. The van der Waals surface area contributed by atoms with Gasteiger partial charge in [-0.05, 0) is 49.1 Å². The third-order valence-corrected chi connectivity index (χ3v) is 6.30. The van der Waals surface area contributed by atoms with Gasteiger partial charge in [0.25, 0.3) is 5.91 Å². The molecule has 0 saturated carbocycles. The van der Waals surface area contributed by atoms with Crippen molar-refractivity contribution in [1.29, 1.82) is 0 Å². The molecule has 1 aliphatic rings. The Balaban J connectivity index is 1.47. The van der Waals surface area contributed by atoms with Gasteiger partial charge < -0.3 is 28.8 Å². The number of carbonyl (C=O) groups excluding carboxylic acids is 1. The molecular formula is C25H32N4O5. The molecule has 34 heavy (non-hydrogen) atoms. The average Bonchev–Trinajstić information content (AvgIpc) is 3.48. The van der Waals surface area contributed by atoms with E-state index in [1.165, 1.54) is 0 Å². The Bertz CT molecular complexity index is 1110. The Kier molecular flexibility index (Phi) is 7.12. The second kappa shape index (κ2) is 10.2. The first-order valence-corrected chi connectivity index (χ1v) is 11.3. The Morgan fingerprint density at radius 2 is 1.97 bits per heavy atom. The van der Waals surface area contributed by atoms with Gasteiger partial charge in [0.15, 0.2) is 17.2 Å². The number of methoxy groups -OCH3 is 3. The Morgan fingerprint density at radius 3 is 2.59 bits per heavy atom. The lowest BCUT2D eigenvalue weighted by Gasteiger charge is -2.25. The number of hydrogen-bond acceptors (Lipinski definition) is 7. The largest absolute Gasteiger partial charge is 0.493 e. The van der Waals surface area contributed by atoms with Crippen LogP contribution >= 0.6 is 0 Å². The fourth-order valence-electron chi connectivity index (χ4n) is 4.52. The molecule has 4 rings (SSSR count). The highest BCUT2D eigenvalue weighted by Crippen LogP contribution is 2.38. The normalized spacial score (nSPS) is 15.0. The van der Waals surface area contributed by atoms with Crippen LogP contribution in [0.15, 0.2) is 34.9 Å². The standard InChI is InChI=1S/C25H32N4O5/c1-28(15-18-7-6-10-34-18)25(30)23-19-13-17(8-9-20(19)29(2)27-23)26-14-16-11-21(31-3)24(33-5)22(12-16)32-4/h6-7,10-12,17,26H,8-9,13-15H2,1-5H3/t17-/m0/s1. The molecule has 0 bridgehead atoms. The quantitative estimate of drug-likeness (QED) is 0.516. The van der Waals surface area contributed by atoms with Crippen LogP contribution in [0.2, 0.25) is 0 Å². The first-order chi connectivity index (χ1) is 16.4. The second-order valence-electron chi connectivity index (χ2n) is 8.49. The Hall–Kier alpha value is -3.46. The number of carbonyl (C=O) groups is 1. The monoisotopic (exact) mass is 468 g/mol. The second-order valence-corrected chi connectivity index (χ2v) is 8.49. The third kappa shape index (κ3) is 4.75. The number of nitrogens with zero attached hydrogens (tertiary/aromatic N) is 3. The van der Waals surface area contributed by atoms with Gasteiger partial charge in [-0.25, -0.2) is 0 Å². The average molecular weight is 469 g/mol. The zero-order valence-corrected chi connectivity index (χ0v) is 20.4. The van der Waals surface area contributed by atoms with E-state index < -0.39 is 0 Å². The molecular weight excluding hydrogens is 436 g/mol. The van der Waals surface area contributed by atoms with Gasteiger partial charge in [-0.15, -0.1) is 0 Å². The van der Waals surface area contributed by atoms with E-state index in [9.17, 15) is 4.79 Å². The van der Waals surface area contributed by atoms with Crippen molar-refractivity contribution in [2.75, 3.05) is 28.4 Å². The molecule has 3 aromatic rings. The molecule has 0 aliphatic heterocycles. The zero-order chi connectivity index (χ0) is 24.2. The smallest absolute Gasteiger partial charge is 0.274 e. The van der Waals surface area contributed by atoms with Crippen molar-refractivity contribution in [3.05, 3.63) is 58.8 Å². The van der Waals surface area contributed by atoms with Gasteiger partial charge >= 0.3 is 0 Å². The van der Waals surface area contributed by atoms with E-state index in [1.807, 2.05) is 36.0 Å². The van der Waals surface area contributed by atoms with Crippen molar-refractivity contribution in [1.82, 2.24) is 20.0 Å². The van der Waals surface area contributed by atoms with Crippen molar-refractivity contribution in [3.63, 3.8) is 0 Å². The molecule has 0 unspecified atom stereocenters. The van der Waals surface area contributed by atoms with Crippen LogP contribution in [-0.4, -0.2) is 55.0 Å². The number of aromatic nitrogens is 2. The van der Waals surface area contributed by atoms with Gasteiger partial charge in [0.1, 0.15) is 5.76 Å². The highest BCUT2D eigenvalue weighted by molar-refractivity contribution is 5.94. The molecule has 2 aromatic heterocycles. The molecule has 1 aromatic carbocycles. The molecule has 182 valence electrons. The number of ether oxygens (including phenoxy) is 3. The van der Waals surface area contributed by atoms with Crippen LogP contribution < -0.4 is 19.5 Å². The lowest BCUT2D eigenvalue weighted by atomic mass is 9.91. The van der Waals surface area contributed by atoms with Gasteiger partial charge in [0.05, 0.1) is 34.1 Å². The first kappa shape index (κ1) is 23.7. The third-order valence-electron chi connectivity index (χ3n) is 6.30. The SMILES string of the molecule is COc1cc(CN[C@H]2CCc3c(c(C(=O)N(C)Cc4ccco4)nn3C)C2)cc(OC)c1OC. The van der Waals surface area contributed by atoms with Gasteiger partial charge in [-0.1, -0.05) is 0 Å². The van der Waals surface area contributed by atoms with Crippen LogP contribution in [0.25, 0.3) is 0 Å². The summed E-state index contributed by atoms with van der Waals surface area (Å²) in [6.07, 6.45) is 4.18. The molecule has 2 heterocycles. The van der Waals surface area contributed by atoms with Crippen molar-refractivity contribution in [2.45, 2.75) is 38.4 Å². The van der Waals surface area contributed by atoms with Crippen LogP contribution in [0, 0.1) is 0 Å². The predicted octanol–water partition coefficient (Wildman–Crippen LogP) is 2.96. The van der Waals surface area contributed by atoms with Gasteiger partial charge in [0.2, 0.25) is 5.75 Å². The topological polar surface area (TPSA) is 91.0 Å². The summed E-state index contributed by atoms with van der Waals surface area (Å²) in [5, 5.41) is 8.21. The molecule has 0 radical (unpaired) electrons. The Morgan fingerprint density at radius 1 is 1.24 bits per heavy atom. The lowest BCUT2D eigenvalue weighted by molar-refractivity contribution is 0.0767. The van der Waals surface area contributed by atoms with Gasteiger partial charge in [-0.3, -0.25) is 9.48 Å². The van der Waals surface area contributed by atoms with Crippen molar-refractivity contribution in [2.24, 2.45) is 7.05 Å². The predicted molar refractivity (Wildman–Crippen MR) is 126 cm³/mol. The maximum Gasteiger partial charge on any atom is 0.274 e. The fourth-order valence-corrected chi connectivity index (χ4v) is 4.52. The van der Waals surface area contributed by atoms with Crippen molar-refractivity contribution >= 4 is 5.91 Å². The van der Waals surface area contributed by atoms with E-state index in [1.54, 1.807) is 39.5 Å². The minimum atomic E-state index is -0.0986. The molecule has 0 fully saturated rings. The number of rotatable bonds is 9. The molecule has 9 heteroatoms. The first-order valence-electron chi connectivity index (χ1n) is 11.3. The number of benzene rings is 1. The Labute approximate surface area is 199 Å². The number of fused-ring (bicyclic) bond motifs is 1. The molecule has 0 saturated heterocycles. The van der Waals surface area contributed by atoms with E-state index in [2.05, 4.69) is 10.4 Å². The fraction of sp³-hybridized carbons (Fsp3) is 0.440. The van der Waals surface area contributed by atoms with Crippen LogP contribution in [-0.2, 0) is 33.0 Å². The van der Waals surface area contributed by atoms with Crippen LogP contribution in [0.4, 0.5) is 0 Å². The molecule has 0 spiro atoms. The van der Waals surface area contributed by atoms with E-state index >= 15 is 0 Å². The highest BCUT2D eigenvalue weighted by atomic mass is 16.5. The van der Waals surface area contributed by atoms with E-state index in [4.69, 9.17) is 18.6 Å². The van der Waals surface area contributed by atoms with Gasteiger partial charge in [0, 0.05) is 37.9 Å². The summed E-state index contributed by atoms with van der Waals surface area (Å²) in [6, 6.07) is 7.80. The summed E-state index contributed by atoms with van der Waals surface area (Å²) in [7, 11) is 8.50. The summed E-state index contributed by atoms with van der Waals surface area (Å²) in [5.74, 6) is 2.48. The minimum absolute atomic E-state index is 0.0986. The highest BCUT2D eigenvalue weighted by Gasteiger charge is 2.29. The molecule has 1 atom stereocenters. The maximum atomic E-state index is 13.2. The van der Waals surface area contributed by atoms with Crippen LogP contribution in [0.3, 0.4) is 0 Å². The van der Waals surface area contributed by atoms with Crippen LogP contribution in [0.5, 0.6) is 17.2 Å². The summed E-state index contributed by atoms with van der Waals surface area (Å²) in [6.45, 7) is 1.04. The molecule has 1 amide bonds. The zero-order valence-electron chi connectivity index (χ0n) is 20.4. The maximum absolute atomic E-state index is 13.2. The molecule has 1 N–H and O–H groups in total.